The molecule has 5 N–H and O–H groups in total. The third-order valence-corrected chi connectivity index (χ3v) is 12.7. The number of aliphatic hydroxyl groups excluding tert-OH is 2. The van der Waals surface area contributed by atoms with Crippen LogP contribution in [0.1, 0.15) is 78.6 Å². The van der Waals surface area contributed by atoms with Crippen molar-refractivity contribution in [2.45, 2.75) is 96.4 Å². The molecule has 5 saturated carbocycles. The number of aliphatic hydroxyl groups is 3. The first kappa shape index (κ1) is 25.9. The molecule has 0 aromatic heterocycles. The van der Waals surface area contributed by atoms with Crippen molar-refractivity contribution in [1.82, 2.24) is 5.32 Å². The van der Waals surface area contributed by atoms with Crippen LogP contribution < -0.4 is 5.32 Å². The van der Waals surface area contributed by atoms with Gasteiger partial charge >= 0.3 is 0 Å². The zero-order valence-corrected chi connectivity index (χ0v) is 22.1. The molecule has 5 aliphatic carbocycles. The number of carbonyl (C=O) groups is 1. The Morgan fingerprint density at radius 1 is 1.14 bits per heavy atom. The highest BCUT2D eigenvalue weighted by molar-refractivity contribution is 7.85. The van der Waals surface area contributed by atoms with E-state index in [2.05, 4.69) is 26.1 Å². The molecule has 9 heteroatoms. The molecule has 1 spiro atoms. The van der Waals surface area contributed by atoms with Gasteiger partial charge in [0.2, 0.25) is 5.91 Å². The van der Waals surface area contributed by atoms with Crippen LogP contribution in [-0.2, 0) is 14.9 Å². The molecule has 5 aliphatic rings. The zero-order chi connectivity index (χ0) is 25.6. The molecule has 0 aliphatic heterocycles. The van der Waals surface area contributed by atoms with Crippen molar-refractivity contribution in [2.75, 3.05) is 12.3 Å². The number of hydrogen-bond donors (Lipinski definition) is 5. The lowest BCUT2D eigenvalue weighted by Crippen LogP contribution is -2.53. The highest BCUT2D eigenvalue weighted by Crippen LogP contribution is 2.89. The highest BCUT2D eigenvalue weighted by atomic mass is 32.2. The van der Waals surface area contributed by atoms with Crippen LogP contribution >= 0.6 is 0 Å². The molecule has 0 aromatic carbocycles. The fraction of sp³-hybridized carbons (Fsp3) is 0.962. The van der Waals surface area contributed by atoms with Gasteiger partial charge in [-0.15, -0.1) is 0 Å². The fourth-order valence-corrected chi connectivity index (χ4v) is 10.7. The molecule has 5 rings (SSSR count). The molecular formula is C26H43NO7S. The minimum absolute atomic E-state index is 0.0613. The van der Waals surface area contributed by atoms with E-state index in [-0.39, 0.29) is 65.4 Å². The maximum Gasteiger partial charge on any atom is 0.266 e. The van der Waals surface area contributed by atoms with E-state index >= 15 is 0 Å². The molecule has 8 nitrogen and oxygen atoms in total. The first-order valence-corrected chi connectivity index (χ1v) is 15.1. The summed E-state index contributed by atoms with van der Waals surface area (Å²) in [5.41, 5.74) is -1.41. The van der Waals surface area contributed by atoms with Crippen LogP contribution in [0.5, 0.6) is 0 Å². The number of amides is 1. The van der Waals surface area contributed by atoms with Gasteiger partial charge in [0.15, 0.2) is 0 Å². The van der Waals surface area contributed by atoms with Crippen molar-refractivity contribution in [2.24, 2.45) is 45.8 Å². The van der Waals surface area contributed by atoms with E-state index in [0.29, 0.717) is 12.8 Å². The first-order valence-electron chi connectivity index (χ1n) is 13.5. The van der Waals surface area contributed by atoms with Gasteiger partial charge in [-0.25, -0.2) is 0 Å². The Morgan fingerprint density at radius 3 is 2.54 bits per heavy atom. The number of carbonyl (C=O) groups excluding carboxylic acids is 1. The predicted octanol–water partition coefficient (Wildman–Crippen LogP) is 2.12. The van der Waals surface area contributed by atoms with Gasteiger partial charge in [-0.3, -0.25) is 9.35 Å². The standard InChI is InChI=1S/C26H43NO7S/c1-15(4-5-21(30)27-10-11-35(32,33)34)18-7-9-25-22-19(13-20(29)24(18,25)3)23(2)8-6-17(28)12-16(23)14-26(22,25)31/h15-20,22,28-29,31H,4-14H2,1-3H3,(H,27,30)(H,32,33,34)/t15-,16+,17-,18-,19+,20+,22-,23+,24+,25-,26-/m1/s1. The summed E-state index contributed by atoms with van der Waals surface area (Å²) in [6.45, 7) is 6.54. The van der Waals surface area contributed by atoms with Crippen LogP contribution in [0.25, 0.3) is 0 Å². The van der Waals surface area contributed by atoms with E-state index in [1.165, 1.54) is 0 Å². The van der Waals surface area contributed by atoms with Crippen molar-refractivity contribution >= 4 is 16.0 Å². The maximum absolute atomic E-state index is 12.3. The van der Waals surface area contributed by atoms with Crippen LogP contribution in [0.3, 0.4) is 0 Å². The Kier molecular flexibility index (Phi) is 6.01. The van der Waals surface area contributed by atoms with E-state index in [0.717, 1.165) is 38.5 Å². The second kappa shape index (κ2) is 8.13. The van der Waals surface area contributed by atoms with E-state index in [9.17, 15) is 28.5 Å². The second-order valence-corrected chi connectivity index (χ2v) is 14.7. The van der Waals surface area contributed by atoms with E-state index in [1.807, 2.05) is 0 Å². The molecule has 5 fully saturated rings. The summed E-state index contributed by atoms with van der Waals surface area (Å²) in [4.78, 5) is 12.3. The number of hydrogen-bond acceptors (Lipinski definition) is 6. The summed E-state index contributed by atoms with van der Waals surface area (Å²) >= 11 is 0. The van der Waals surface area contributed by atoms with Crippen molar-refractivity contribution in [1.29, 1.82) is 0 Å². The van der Waals surface area contributed by atoms with Gasteiger partial charge in [-0.05, 0) is 80.5 Å². The summed E-state index contributed by atoms with van der Waals surface area (Å²) < 4.78 is 30.5. The van der Waals surface area contributed by atoms with E-state index in [4.69, 9.17) is 4.55 Å². The summed E-state index contributed by atoms with van der Waals surface area (Å²) in [5, 5.41) is 36.8. The van der Waals surface area contributed by atoms with Gasteiger partial charge in [-0.2, -0.15) is 8.42 Å². The molecule has 0 heterocycles. The van der Waals surface area contributed by atoms with Gasteiger partial charge in [0, 0.05) is 29.7 Å². The molecule has 200 valence electrons. The van der Waals surface area contributed by atoms with Crippen molar-refractivity contribution < 1.29 is 33.1 Å². The third-order valence-electron chi connectivity index (χ3n) is 12.0. The van der Waals surface area contributed by atoms with Gasteiger partial charge < -0.3 is 20.6 Å². The lowest BCUT2D eigenvalue weighted by atomic mass is 9.50. The van der Waals surface area contributed by atoms with Crippen LogP contribution in [0.4, 0.5) is 0 Å². The Bertz CT molecular complexity index is 988. The number of nitrogens with one attached hydrogen (secondary N) is 1. The highest BCUT2D eigenvalue weighted by Gasteiger charge is 2.91. The van der Waals surface area contributed by atoms with Gasteiger partial charge in [0.1, 0.15) is 0 Å². The van der Waals surface area contributed by atoms with Gasteiger partial charge in [0.05, 0.1) is 23.6 Å². The van der Waals surface area contributed by atoms with Crippen LogP contribution in [0.15, 0.2) is 0 Å². The molecule has 1 amide bonds. The average molecular weight is 514 g/mol. The second-order valence-electron chi connectivity index (χ2n) is 13.1. The molecule has 0 radical (unpaired) electrons. The minimum Gasteiger partial charge on any atom is -0.393 e. The predicted molar refractivity (Wildman–Crippen MR) is 130 cm³/mol. The molecule has 0 saturated heterocycles. The number of fused-ring (bicyclic) bond motifs is 2. The zero-order valence-electron chi connectivity index (χ0n) is 21.2. The lowest BCUT2D eigenvalue weighted by Gasteiger charge is -2.55. The SMILES string of the molecule is C[C@H](CCC(=O)NCCS(=O)(=O)O)[C@H]1CC[C@@]23[C@H]4[C@H](C[C@H](O)[C@]12C)[C@@]1(C)CC[C@@H](O)C[C@H]1C[C@@]43O. The minimum atomic E-state index is -4.10. The van der Waals surface area contributed by atoms with E-state index < -0.39 is 33.0 Å². The first-order chi connectivity index (χ1) is 16.2. The summed E-state index contributed by atoms with van der Waals surface area (Å²) in [6.07, 6.45) is 5.86. The lowest BCUT2D eigenvalue weighted by molar-refractivity contribution is -0.128. The van der Waals surface area contributed by atoms with Crippen LogP contribution in [-0.4, -0.2) is 64.3 Å². The Hall–Kier alpha value is -0.740. The monoisotopic (exact) mass is 513 g/mol. The van der Waals surface area contributed by atoms with Crippen molar-refractivity contribution in [3.05, 3.63) is 0 Å². The van der Waals surface area contributed by atoms with E-state index in [1.54, 1.807) is 0 Å². The smallest absolute Gasteiger partial charge is 0.266 e. The molecule has 0 unspecified atom stereocenters. The normalized spacial score (nSPS) is 51.1. The quantitative estimate of drug-likeness (QED) is 0.328. The Labute approximate surface area is 209 Å². The van der Waals surface area contributed by atoms with Crippen molar-refractivity contribution in [3.63, 3.8) is 0 Å². The fourth-order valence-electron chi connectivity index (χ4n) is 10.3. The topological polar surface area (TPSA) is 144 Å². The maximum atomic E-state index is 12.3. The summed E-state index contributed by atoms with van der Waals surface area (Å²) in [6, 6.07) is 0. The summed E-state index contributed by atoms with van der Waals surface area (Å²) in [7, 11) is -4.10. The average Bonchev–Trinajstić information content (AvgIpc) is 3.12. The van der Waals surface area contributed by atoms with Crippen LogP contribution in [0.2, 0.25) is 0 Å². The molecule has 0 bridgehead atoms. The van der Waals surface area contributed by atoms with Crippen molar-refractivity contribution in [3.8, 4) is 0 Å². The number of rotatable bonds is 7. The molecule has 35 heavy (non-hydrogen) atoms. The molecule has 11 atom stereocenters. The summed E-state index contributed by atoms with van der Waals surface area (Å²) in [5.74, 6) is 0.404. The molecule has 0 aromatic rings. The van der Waals surface area contributed by atoms with Gasteiger partial charge in [0.25, 0.3) is 10.1 Å². The third kappa shape index (κ3) is 3.51. The van der Waals surface area contributed by atoms with Crippen LogP contribution in [0, 0.1) is 45.8 Å². The Morgan fingerprint density at radius 2 is 1.86 bits per heavy atom. The largest absolute Gasteiger partial charge is 0.393 e. The Balaban J connectivity index is 1.31. The van der Waals surface area contributed by atoms with Gasteiger partial charge in [-0.1, -0.05) is 20.8 Å². The molecular weight excluding hydrogens is 470 g/mol.